The summed E-state index contributed by atoms with van der Waals surface area (Å²) >= 11 is 1.41. The summed E-state index contributed by atoms with van der Waals surface area (Å²) in [4.78, 5) is 12.6. The molecule has 7 heteroatoms. The Morgan fingerprint density at radius 3 is 2.38 bits per heavy atom. The molecule has 3 rings (SSSR count). The molecule has 6 nitrogen and oxygen atoms in total. The largest absolute Gasteiger partial charge is 0.349 e. The zero-order valence-corrected chi connectivity index (χ0v) is 16.6. The SMILES string of the molecule is CCn1c(C)cc(C(=O)CSc2ccc(-n3nc(C)cc3C)nn2)c1C. The summed E-state index contributed by atoms with van der Waals surface area (Å²) < 4.78 is 3.92. The Labute approximate surface area is 157 Å². The minimum atomic E-state index is 0.118. The average Bonchev–Trinajstić information content (AvgIpc) is 3.11. The number of hydrogen-bond acceptors (Lipinski definition) is 5. The second-order valence-corrected chi connectivity index (χ2v) is 7.31. The number of carbonyl (C=O) groups excluding carboxylic acids is 1. The lowest BCUT2D eigenvalue weighted by atomic mass is 10.2. The van der Waals surface area contributed by atoms with Crippen LogP contribution in [-0.2, 0) is 6.54 Å². The van der Waals surface area contributed by atoms with E-state index in [1.807, 2.05) is 52.0 Å². The second-order valence-electron chi connectivity index (χ2n) is 6.31. The first kappa shape index (κ1) is 18.4. The van der Waals surface area contributed by atoms with Gasteiger partial charge in [-0.2, -0.15) is 5.10 Å². The van der Waals surface area contributed by atoms with E-state index in [0.29, 0.717) is 11.6 Å². The van der Waals surface area contributed by atoms with Gasteiger partial charge in [0.15, 0.2) is 11.6 Å². The molecule has 3 aromatic heterocycles. The molecule has 0 aliphatic rings. The van der Waals surface area contributed by atoms with Crippen LogP contribution in [0.25, 0.3) is 5.82 Å². The Kier molecular flexibility index (Phi) is 5.27. The highest BCUT2D eigenvalue weighted by Gasteiger charge is 2.15. The van der Waals surface area contributed by atoms with Crippen LogP contribution in [0.4, 0.5) is 0 Å². The van der Waals surface area contributed by atoms with Gasteiger partial charge in [0, 0.05) is 29.2 Å². The van der Waals surface area contributed by atoms with E-state index >= 15 is 0 Å². The molecule has 0 saturated carbocycles. The van der Waals surface area contributed by atoms with Crippen LogP contribution in [0.2, 0.25) is 0 Å². The van der Waals surface area contributed by atoms with E-state index in [-0.39, 0.29) is 5.78 Å². The Balaban J connectivity index is 1.68. The van der Waals surface area contributed by atoms with Gasteiger partial charge in [0.05, 0.1) is 11.4 Å². The molecule has 136 valence electrons. The molecule has 26 heavy (non-hydrogen) atoms. The number of nitrogens with zero attached hydrogens (tertiary/aromatic N) is 5. The molecule has 0 saturated heterocycles. The van der Waals surface area contributed by atoms with Crippen molar-refractivity contribution < 1.29 is 4.79 Å². The fourth-order valence-corrected chi connectivity index (χ4v) is 3.85. The summed E-state index contributed by atoms with van der Waals surface area (Å²) in [5.74, 6) is 1.15. The van der Waals surface area contributed by atoms with Gasteiger partial charge in [-0.15, -0.1) is 10.2 Å². The van der Waals surface area contributed by atoms with Gasteiger partial charge in [0.2, 0.25) is 0 Å². The number of ketones is 1. The van der Waals surface area contributed by atoms with E-state index in [0.717, 1.165) is 39.9 Å². The minimum Gasteiger partial charge on any atom is -0.349 e. The zero-order chi connectivity index (χ0) is 18.8. The third kappa shape index (κ3) is 3.58. The van der Waals surface area contributed by atoms with Crippen LogP contribution < -0.4 is 0 Å². The van der Waals surface area contributed by atoms with E-state index in [4.69, 9.17) is 0 Å². The molecule has 0 fully saturated rings. The first-order valence-electron chi connectivity index (χ1n) is 8.60. The molecule has 3 aromatic rings. The molecular formula is C19H23N5OS. The highest BCUT2D eigenvalue weighted by Crippen LogP contribution is 2.21. The summed E-state index contributed by atoms with van der Waals surface area (Å²) in [6.07, 6.45) is 0. The molecule has 0 N–H and O–H groups in total. The van der Waals surface area contributed by atoms with Gasteiger partial charge in [-0.25, -0.2) is 4.68 Å². The maximum atomic E-state index is 12.6. The second kappa shape index (κ2) is 7.45. The fraction of sp³-hybridized carbons (Fsp3) is 0.368. The lowest BCUT2D eigenvalue weighted by molar-refractivity contribution is 0.102. The topological polar surface area (TPSA) is 65.6 Å². The summed E-state index contributed by atoms with van der Waals surface area (Å²) in [5.41, 5.74) is 4.90. The minimum absolute atomic E-state index is 0.118. The molecular weight excluding hydrogens is 346 g/mol. The molecule has 0 radical (unpaired) electrons. The van der Waals surface area contributed by atoms with Crippen LogP contribution >= 0.6 is 11.8 Å². The van der Waals surface area contributed by atoms with Crippen molar-refractivity contribution in [2.75, 3.05) is 5.75 Å². The van der Waals surface area contributed by atoms with Gasteiger partial charge < -0.3 is 4.57 Å². The van der Waals surface area contributed by atoms with Crippen molar-refractivity contribution in [1.82, 2.24) is 24.5 Å². The van der Waals surface area contributed by atoms with Crippen molar-refractivity contribution in [3.8, 4) is 5.82 Å². The van der Waals surface area contributed by atoms with Crippen molar-refractivity contribution in [2.24, 2.45) is 0 Å². The number of aromatic nitrogens is 5. The predicted octanol–water partition coefficient (Wildman–Crippen LogP) is 3.69. The van der Waals surface area contributed by atoms with Crippen LogP contribution in [0.15, 0.2) is 29.3 Å². The fourth-order valence-electron chi connectivity index (χ4n) is 3.15. The predicted molar refractivity (Wildman–Crippen MR) is 103 cm³/mol. The standard InChI is InChI=1S/C19H23N5OS/c1-6-23-13(3)10-16(15(23)5)17(25)11-26-19-8-7-18(20-21-19)24-14(4)9-12(2)22-24/h7-10H,6,11H2,1-5H3. The highest BCUT2D eigenvalue weighted by atomic mass is 32.2. The molecule has 0 bridgehead atoms. The summed E-state index contributed by atoms with van der Waals surface area (Å²) in [5, 5.41) is 13.6. The number of aryl methyl sites for hydroxylation is 3. The average molecular weight is 369 g/mol. The third-order valence-corrected chi connectivity index (χ3v) is 5.31. The van der Waals surface area contributed by atoms with Crippen LogP contribution in [0.1, 0.15) is 40.1 Å². The number of hydrogen-bond donors (Lipinski definition) is 0. The molecule has 3 heterocycles. The van der Waals surface area contributed by atoms with Crippen molar-refractivity contribution in [2.45, 2.75) is 46.2 Å². The van der Waals surface area contributed by atoms with Crippen LogP contribution in [0.5, 0.6) is 0 Å². The Morgan fingerprint density at radius 2 is 1.85 bits per heavy atom. The third-order valence-electron chi connectivity index (χ3n) is 4.39. The van der Waals surface area contributed by atoms with E-state index in [2.05, 4.69) is 26.8 Å². The molecule has 0 aromatic carbocycles. The Hall–Kier alpha value is -2.41. The summed E-state index contributed by atoms with van der Waals surface area (Å²) in [6, 6.07) is 7.73. The van der Waals surface area contributed by atoms with E-state index in [1.165, 1.54) is 11.8 Å². The number of rotatable bonds is 6. The molecule has 0 spiro atoms. The molecule has 0 unspecified atom stereocenters. The van der Waals surface area contributed by atoms with Gasteiger partial charge in [0.25, 0.3) is 0 Å². The van der Waals surface area contributed by atoms with Crippen LogP contribution in [0.3, 0.4) is 0 Å². The van der Waals surface area contributed by atoms with Gasteiger partial charge in [0.1, 0.15) is 5.03 Å². The number of carbonyl (C=O) groups is 1. The maximum Gasteiger partial charge on any atom is 0.175 e. The first-order valence-corrected chi connectivity index (χ1v) is 9.59. The Morgan fingerprint density at radius 1 is 1.08 bits per heavy atom. The van der Waals surface area contributed by atoms with Crippen LogP contribution in [0, 0.1) is 27.7 Å². The van der Waals surface area contributed by atoms with Gasteiger partial charge in [-0.05, 0) is 58.9 Å². The Bertz CT molecular complexity index is 940. The van der Waals surface area contributed by atoms with E-state index in [1.54, 1.807) is 4.68 Å². The van der Waals surface area contributed by atoms with Crippen molar-refractivity contribution in [3.05, 3.63) is 52.6 Å². The van der Waals surface area contributed by atoms with Gasteiger partial charge >= 0.3 is 0 Å². The zero-order valence-electron chi connectivity index (χ0n) is 15.8. The van der Waals surface area contributed by atoms with E-state index in [9.17, 15) is 4.79 Å². The molecule has 0 atom stereocenters. The molecule has 0 aliphatic heterocycles. The van der Waals surface area contributed by atoms with Crippen molar-refractivity contribution in [3.63, 3.8) is 0 Å². The highest BCUT2D eigenvalue weighted by molar-refractivity contribution is 7.99. The first-order chi connectivity index (χ1) is 12.4. The van der Waals surface area contributed by atoms with Crippen molar-refractivity contribution in [1.29, 1.82) is 0 Å². The quantitative estimate of drug-likeness (QED) is 0.490. The monoisotopic (exact) mass is 369 g/mol. The lowest BCUT2D eigenvalue weighted by Crippen LogP contribution is -2.07. The van der Waals surface area contributed by atoms with E-state index < -0.39 is 0 Å². The van der Waals surface area contributed by atoms with Crippen molar-refractivity contribution >= 4 is 17.5 Å². The summed E-state index contributed by atoms with van der Waals surface area (Å²) in [6.45, 7) is 10.9. The molecule has 0 aliphatic carbocycles. The number of Topliss-reactive ketones (excluding diaryl/α,β-unsaturated/α-hetero) is 1. The van der Waals surface area contributed by atoms with Gasteiger partial charge in [-0.1, -0.05) is 11.8 Å². The molecule has 0 amide bonds. The maximum absolute atomic E-state index is 12.6. The lowest BCUT2D eigenvalue weighted by Gasteiger charge is -2.06. The van der Waals surface area contributed by atoms with Crippen LogP contribution in [-0.4, -0.2) is 36.1 Å². The summed E-state index contributed by atoms with van der Waals surface area (Å²) in [7, 11) is 0. The number of thioether (sulfide) groups is 1. The smallest absolute Gasteiger partial charge is 0.175 e. The van der Waals surface area contributed by atoms with Gasteiger partial charge in [-0.3, -0.25) is 4.79 Å². The normalized spacial score (nSPS) is 11.1.